The molecule has 48 heavy (non-hydrogen) atoms. The number of hydrogen-bond donors (Lipinski definition) is 0. The Morgan fingerprint density at radius 3 is 0.604 bits per heavy atom. The molecular formula is C28H12F14N6. The second kappa shape index (κ2) is 11.7. The van der Waals surface area contributed by atoms with Gasteiger partial charge < -0.3 is 9.80 Å². The Morgan fingerprint density at radius 1 is 0.250 bits per heavy atom. The van der Waals surface area contributed by atoms with Crippen LogP contribution in [0.3, 0.4) is 0 Å². The molecule has 0 atom stereocenters. The summed E-state index contributed by atoms with van der Waals surface area (Å²) >= 11 is 0. The van der Waals surface area contributed by atoms with Gasteiger partial charge in [0.05, 0.1) is 0 Å². The van der Waals surface area contributed by atoms with Crippen LogP contribution >= 0.6 is 0 Å². The molecular weight excluding hydrogens is 686 g/mol. The molecule has 6 rings (SSSR count). The van der Waals surface area contributed by atoms with Gasteiger partial charge in [0.15, 0.2) is 81.4 Å². The fourth-order valence-electron chi connectivity index (χ4n) is 4.51. The van der Waals surface area contributed by atoms with Crippen molar-refractivity contribution in [1.82, 2.24) is 19.9 Å². The van der Waals surface area contributed by atoms with Crippen molar-refractivity contribution in [2.75, 3.05) is 38.0 Å². The van der Waals surface area contributed by atoms with Crippen molar-refractivity contribution in [1.29, 1.82) is 0 Å². The molecule has 20 heteroatoms. The predicted molar refractivity (Wildman–Crippen MR) is 142 cm³/mol. The fraction of sp³-hybridized carbons (Fsp3) is 0.143. The summed E-state index contributed by atoms with van der Waals surface area (Å²) in [5.74, 6) is -25.9. The highest BCUT2D eigenvalue weighted by Gasteiger charge is 2.30. The molecule has 0 saturated carbocycles. The maximum Gasteiger partial charge on any atom is 0.199 e. The summed E-state index contributed by atoms with van der Waals surface area (Å²) in [6, 6.07) is 0. The van der Waals surface area contributed by atoms with Gasteiger partial charge in [-0.2, -0.15) is 0 Å². The zero-order valence-electron chi connectivity index (χ0n) is 24.0. The second-order valence-corrected chi connectivity index (χ2v) is 10.1. The molecule has 0 aliphatic heterocycles. The monoisotopic (exact) mass is 698 g/mol. The third-order valence-electron chi connectivity index (χ3n) is 6.72. The Kier molecular flexibility index (Phi) is 8.33. The number of benzene rings is 4. The van der Waals surface area contributed by atoms with E-state index in [-0.39, 0.29) is 0 Å². The van der Waals surface area contributed by atoms with Crippen molar-refractivity contribution < 1.29 is 61.5 Å². The minimum atomic E-state index is -2.19. The molecule has 0 aliphatic rings. The SMILES string of the molecule is CN(C)c1c(F)c(F)c2nc3c(F)c(F)c(F)c(F)c3nc2c1F.CN(C)c1c(F)c(F)c2nc3c(F)c(F)c(F)c(F)c3nc2c1F. The van der Waals surface area contributed by atoms with Gasteiger partial charge in [0.1, 0.15) is 55.5 Å². The third kappa shape index (κ3) is 4.88. The van der Waals surface area contributed by atoms with E-state index in [9.17, 15) is 61.5 Å². The molecule has 2 aromatic heterocycles. The topological polar surface area (TPSA) is 58.0 Å². The minimum Gasteiger partial charge on any atom is -0.373 e. The highest BCUT2D eigenvalue weighted by Crippen LogP contribution is 2.35. The van der Waals surface area contributed by atoms with Gasteiger partial charge in [0, 0.05) is 28.2 Å². The minimum absolute atomic E-state index is 0.836. The Balaban J connectivity index is 0.000000188. The summed E-state index contributed by atoms with van der Waals surface area (Å²) in [7, 11) is 4.82. The first kappa shape index (κ1) is 34.0. The van der Waals surface area contributed by atoms with Gasteiger partial charge in [-0.25, -0.2) is 81.4 Å². The molecule has 0 saturated heterocycles. The van der Waals surface area contributed by atoms with E-state index in [1.807, 2.05) is 0 Å². The van der Waals surface area contributed by atoms with Crippen molar-refractivity contribution in [2.45, 2.75) is 0 Å². The van der Waals surface area contributed by atoms with Gasteiger partial charge in [0.25, 0.3) is 0 Å². The van der Waals surface area contributed by atoms with Crippen LogP contribution in [0, 0.1) is 81.4 Å². The molecule has 0 bridgehead atoms. The largest absolute Gasteiger partial charge is 0.373 e. The molecule has 0 aliphatic carbocycles. The van der Waals surface area contributed by atoms with Gasteiger partial charge in [-0.1, -0.05) is 0 Å². The summed E-state index contributed by atoms with van der Waals surface area (Å²) in [5, 5.41) is 0. The summed E-state index contributed by atoms with van der Waals surface area (Å²) in [6.45, 7) is 0. The van der Waals surface area contributed by atoms with Crippen molar-refractivity contribution in [3.8, 4) is 0 Å². The maximum atomic E-state index is 14.4. The lowest BCUT2D eigenvalue weighted by atomic mass is 10.2. The van der Waals surface area contributed by atoms with Crippen molar-refractivity contribution in [2.24, 2.45) is 0 Å². The lowest BCUT2D eigenvalue weighted by Crippen LogP contribution is -2.15. The Morgan fingerprint density at radius 2 is 0.417 bits per heavy atom. The third-order valence-corrected chi connectivity index (χ3v) is 6.72. The Hall–Kier alpha value is -5.30. The Labute approximate surface area is 256 Å². The summed E-state index contributed by atoms with van der Waals surface area (Å²) in [6.07, 6.45) is 0. The van der Waals surface area contributed by atoms with Gasteiger partial charge >= 0.3 is 0 Å². The van der Waals surface area contributed by atoms with Gasteiger partial charge in [0.2, 0.25) is 0 Å². The number of hydrogen-bond acceptors (Lipinski definition) is 6. The number of nitrogens with zero attached hydrogens (tertiary/aromatic N) is 6. The van der Waals surface area contributed by atoms with Crippen molar-refractivity contribution >= 4 is 55.5 Å². The zero-order valence-corrected chi connectivity index (χ0v) is 24.0. The Bertz CT molecular complexity index is 2200. The van der Waals surface area contributed by atoms with Gasteiger partial charge in [-0.15, -0.1) is 0 Å². The van der Waals surface area contributed by atoms with Crippen LogP contribution in [-0.2, 0) is 0 Å². The van der Waals surface area contributed by atoms with E-state index >= 15 is 0 Å². The molecule has 0 amide bonds. The van der Waals surface area contributed by atoms with Crippen molar-refractivity contribution in [3.05, 3.63) is 81.4 Å². The molecule has 6 nitrogen and oxygen atoms in total. The number of halogens is 14. The van der Waals surface area contributed by atoms with Crippen molar-refractivity contribution in [3.63, 3.8) is 0 Å². The predicted octanol–water partition coefficient (Wildman–Crippen LogP) is 7.65. The van der Waals surface area contributed by atoms with E-state index in [0.29, 0.717) is 0 Å². The van der Waals surface area contributed by atoms with Crippen LogP contribution in [0.4, 0.5) is 72.8 Å². The lowest BCUT2D eigenvalue weighted by Gasteiger charge is -2.16. The highest BCUT2D eigenvalue weighted by molar-refractivity contribution is 5.91. The van der Waals surface area contributed by atoms with Crippen LogP contribution in [0.5, 0.6) is 0 Å². The summed E-state index contributed by atoms with van der Waals surface area (Å²) in [4.78, 5) is 14.8. The first-order valence-corrected chi connectivity index (χ1v) is 12.7. The van der Waals surface area contributed by atoms with E-state index in [1.54, 1.807) is 0 Å². The van der Waals surface area contributed by atoms with E-state index in [0.717, 1.165) is 9.80 Å². The van der Waals surface area contributed by atoms with Crippen LogP contribution < -0.4 is 9.80 Å². The summed E-state index contributed by atoms with van der Waals surface area (Å²) < 4.78 is 193. The quantitative estimate of drug-likeness (QED) is 0.0803. The number of anilines is 2. The molecule has 0 fully saturated rings. The highest BCUT2D eigenvalue weighted by atomic mass is 19.2. The normalized spacial score (nSPS) is 11.5. The first-order chi connectivity index (χ1) is 22.3. The second-order valence-electron chi connectivity index (χ2n) is 10.1. The first-order valence-electron chi connectivity index (χ1n) is 12.7. The molecule has 0 unspecified atom stereocenters. The van der Waals surface area contributed by atoms with E-state index < -0.39 is 137 Å². The fourth-order valence-corrected chi connectivity index (χ4v) is 4.51. The van der Waals surface area contributed by atoms with Gasteiger partial charge in [-0.3, -0.25) is 0 Å². The average molecular weight is 698 g/mol. The van der Waals surface area contributed by atoms with Crippen LogP contribution in [0.2, 0.25) is 0 Å². The number of fused-ring (bicyclic) bond motifs is 4. The molecule has 6 aromatic rings. The number of aromatic nitrogens is 4. The lowest BCUT2D eigenvalue weighted by molar-refractivity contribution is 0.416. The van der Waals surface area contributed by atoms with E-state index in [2.05, 4.69) is 19.9 Å². The molecule has 0 N–H and O–H groups in total. The number of rotatable bonds is 2. The molecule has 4 aromatic carbocycles. The summed E-state index contributed by atoms with van der Waals surface area (Å²) in [5.41, 5.74) is -10.4. The maximum absolute atomic E-state index is 14.4. The van der Waals surface area contributed by atoms with E-state index in [4.69, 9.17) is 0 Å². The molecule has 0 spiro atoms. The average Bonchev–Trinajstić information content (AvgIpc) is 3.04. The molecule has 252 valence electrons. The molecule has 2 heterocycles. The standard InChI is InChI=1S/2C14H6F7N3/c2*1-24(2)14-8(20)7(19)12-13(9(14)21)23-11-6(18)4(16)3(15)5(17)10(11)22-12/h2*1-2H3. The van der Waals surface area contributed by atoms with E-state index in [1.165, 1.54) is 28.2 Å². The van der Waals surface area contributed by atoms with Gasteiger partial charge in [-0.05, 0) is 0 Å². The van der Waals surface area contributed by atoms with Crippen LogP contribution in [0.25, 0.3) is 44.1 Å². The molecule has 0 radical (unpaired) electrons. The van der Waals surface area contributed by atoms with Crippen LogP contribution in [0.15, 0.2) is 0 Å². The smallest absolute Gasteiger partial charge is 0.199 e. The van der Waals surface area contributed by atoms with Crippen LogP contribution in [-0.4, -0.2) is 48.1 Å². The van der Waals surface area contributed by atoms with Crippen LogP contribution in [0.1, 0.15) is 0 Å². The zero-order chi connectivity index (χ0) is 35.8.